The van der Waals surface area contributed by atoms with Crippen LogP contribution in [0.4, 0.5) is 14.5 Å². The highest BCUT2D eigenvalue weighted by Crippen LogP contribution is 2.27. The fourth-order valence-corrected chi connectivity index (χ4v) is 2.68. The zero-order chi connectivity index (χ0) is 20.1. The second kappa shape index (κ2) is 8.81. The van der Waals surface area contributed by atoms with E-state index >= 15 is 0 Å². The minimum Gasteiger partial charge on any atom is -0.495 e. The molecule has 0 saturated heterocycles. The first-order chi connectivity index (χ1) is 12.7. The molecule has 0 aliphatic rings. The summed E-state index contributed by atoms with van der Waals surface area (Å²) in [6.45, 7) is 3.40. The number of benzene rings is 2. The molecule has 2 aromatic rings. The van der Waals surface area contributed by atoms with Crippen molar-refractivity contribution < 1.29 is 23.1 Å². The zero-order valence-electron chi connectivity index (χ0n) is 15.0. The molecule has 0 aliphatic heterocycles. The van der Waals surface area contributed by atoms with Crippen molar-refractivity contribution in [3.05, 3.63) is 58.6 Å². The van der Waals surface area contributed by atoms with E-state index in [2.05, 4.69) is 10.6 Å². The Kier molecular flexibility index (Phi) is 6.74. The molecule has 144 valence electrons. The molecule has 0 heterocycles. The van der Waals surface area contributed by atoms with Gasteiger partial charge in [0.1, 0.15) is 29.0 Å². The zero-order valence-corrected chi connectivity index (χ0v) is 15.7. The second-order valence-corrected chi connectivity index (χ2v) is 6.54. The number of rotatable bonds is 6. The number of carbonyl (C=O) groups is 2. The Hall–Kier alpha value is -2.67. The molecule has 1 atom stereocenters. The molecular weight excluding hydrogens is 378 g/mol. The third kappa shape index (κ3) is 4.95. The summed E-state index contributed by atoms with van der Waals surface area (Å²) in [4.78, 5) is 24.9. The fourth-order valence-electron chi connectivity index (χ4n) is 2.43. The van der Waals surface area contributed by atoms with E-state index in [-0.39, 0.29) is 5.92 Å². The molecule has 2 amide bonds. The largest absolute Gasteiger partial charge is 0.495 e. The molecule has 0 aromatic heterocycles. The van der Waals surface area contributed by atoms with Crippen LogP contribution in [0.1, 0.15) is 24.2 Å². The van der Waals surface area contributed by atoms with Gasteiger partial charge in [0.05, 0.1) is 12.1 Å². The highest BCUT2D eigenvalue weighted by molar-refractivity contribution is 6.32. The third-order valence-electron chi connectivity index (χ3n) is 3.84. The van der Waals surface area contributed by atoms with Gasteiger partial charge in [0.15, 0.2) is 0 Å². The summed E-state index contributed by atoms with van der Waals surface area (Å²) in [7, 11) is 1.46. The van der Waals surface area contributed by atoms with Crippen molar-refractivity contribution in [1.29, 1.82) is 0 Å². The van der Waals surface area contributed by atoms with E-state index in [0.717, 1.165) is 18.2 Å². The van der Waals surface area contributed by atoms with E-state index in [1.54, 1.807) is 26.0 Å². The quantitative estimate of drug-likeness (QED) is 0.775. The monoisotopic (exact) mass is 396 g/mol. The minimum absolute atomic E-state index is 0.300. The van der Waals surface area contributed by atoms with E-state index < -0.39 is 35.1 Å². The lowest BCUT2D eigenvalue weighted by atomic mass is 10.0. The first kappa shape index (κ1) is 20.6. The average Bonchev–Trinajstić information content (AvgIpc) is 2.59. The van der Waals surface area contributed by atoms with Gasteiger partial charge in [-0.05, 0) is 36.2 Å². The highest BCUT2D eigenvalue weighted by Gasteiger charge is 2.27. The van der Waals surface area contributed by atoms with Gasteiger partial charge in [-0.15, -0.1) is 0 Å². The predicted molar refractivity (Wildman–Crippen MR) is 99.1 cm³/mol. The molecule has 2 aromatic carbocycles. The highest BCUT2D eigenvalue weighted by atomic mass is 35.5. The van der Waals surface area contributed by atoms with Gasteiger partial charge in [0.25, 0.3) is 5.91 Å². The Labute approximate surface area is 160 Å². The third-order valence-corrected chi connectivity index (χ3v) is 4.14. The van der Waals surface area contributed by atoms with Crippen LogP contribution in [0.5, 0.6) is 5.75 Å². The first-order valence-corrected chi connectivity index (χ1v) is 8.51. The molecule has 27 heavy (non-hydrogen) atoms. The number of halogens is 3. The maximum atomic E-state index is 13.8. The van der Waals surface area contributed by atoms with Crippen LogP contribution in [0.25, 0.3) is 0 Å². The lowest BCUT2D eigenvalue weighted by Crippen LogP contribution is -2.47. The number of carbonyl (C=O) groups excluding carboxylic acids is 2. The molecule has 8 heteroatoms. The van der Waals surface area contributed by atoms with Gasteiger partial charge in [-0.25, -0.2) is 8.78 Å². The number of hydrogen-bond donors (Lipinski definition) is 2. The van der Waals surface area contributed by atoms with E-state index in [1.165, 1.54) is 13.2 Å². The van der Waals surface area contributed by atoms with Gasteiger partial charge in [0.2, 0.25) is 5.91 Å². The van der Waals surface area contributed by atoms with Crippen molar-refractivity contribution in [3.8, 4) is 5.75 Å². The van der Waals surface area contributed by atoms with E-state index in [9.17, 15) is 18.4 Å². The smallest absolute Gasteiger partial charge is 0.257 e. The molecule has 0 fully saturated rings. The van der Waals surface area contributed by atoms with E-state index in [4.69, 9.17) is 16.3 Å². The van der Waals surface area contributed by atoms with Crippen molar-refractivity contribution >= 4 is 29.1 Å². The van der Waals surface area contributed by atoms with Crippen LogP contribution < -0.4 is 15.4 Å². The van der Waals surface area contributed by atoms with Crippen molar-refractivity contribution in [2.24, 2.45) is 5.92 Å². The summed E-state index contributed by atoms with van der Waals surface area (Å²) >= 11 is 6.02. The standard InChI is InChI=1S/C19H19ClF2N2O3/c1-10(2)17(24-18(25)16-13(21)5-4-6-14(16)22)19(26)23-11-7-8-15(27-3)12(20)9-11/h4-10,17H,1-3H3,(H,23,26)(H,24,25). The first-order valence-electron chi connectivity index (χ1n) is 8.14. The molecule has 0 aliphatic carbocycles. The molecule has 0 spiro atoms. The van der Waals surface area contributed by atoms with Crippen LogP contribution in [0.2, 0.25) is 5.02 Å². The Morgan fingerprint density at radius 2 is 1.74 bits per heavy atom. The minimum atomic E-state index is -1.02. The van der Waals surface area contributed by atoms with Gasteiger partial charge < -0.3 is 15.4 Å². The molecule has 1 unspecified atom stereocenters. The molecule has 2 N–H and O–H groups in total. The summed E-state index contributed by atoms with van der Waals surface area (Å²) < 4.78 is 32.6. The summed E-state index contributed by atoms with van der Waals surface area (Å²) in [5.41, 5.74) is -0.341. The van der Waals surface area contributed by atoms with Crippen LogP contribution in [-0.2, 0) is 4.79 Å². The number of methoxy groups -OCH3 is 1. The molecule has 5 nitrogen and oxygen atoms in total. The van der Waals surface area contributed by atoms with Crippen molar-refractivity contribution in [3.63, 3.8) is 0 Å². The van der Waals surface area contributed by atoms with Gasteiger partial charge in [-0.1, -0.05) is 31.5 Å². The van der Waals surface area contributed by atoms with Crippen molar-refractivity contribution in [1.82, 2.24) is 5.32 Å². The van der Waals surface area contributed by atoms with Crippen LogP contribution in [0, 0.1) is 17.6 Å². The maximum absolute atomic E-state index is 13.8. The molecule has 0 radical (unpaired) electrons. The topological polar surface area (TPSA) is 67.4 Å². The van der Waals surface area contributed by atoms with Crippen LogP contribution in [0.15, 0.2) is 36.4 Å². The normalized spacial score (nSPS) is 11.8. The van der Waals surface area contributed by atoms with Crippen LogP contribution in [0.3, 0.4) is 0 Å². The summed E-state index contributed by atoms with van der Waals surface area (Å²) in [6.07, 6.45) is 0. The van der Waals surface area contributed by atoms with Gasteiger partial charge in [-0.2, -0.15) is 0 Å². The number of ether oxygens (including phenoxy) is 1. The maximum Gasteiger partial charge on any atom is 0.257 e. The average molecular weight is 397 g/mol. The lowest BCUT2D eigenvalue weighted by molar-refractivity contribution is -0.118. The number of hydrogen-bond acceptors (Lipinski definition) is 3. The Balaban J connectivity index is 2.18. The van der Waals surface area contributed by atoms with Crippen LogP contribution in [-0.4, -0.2) is 25.0 Å². The summed E-state index contributed by atoms with van der Waals surface area (Å²) in [5.74, 6) is -3.45. The molecule has 0 saturated carbocycles. The number of nitrogens with one attached hydrogen (secondary N) is 2. The van der Waals surface area contributed by atoms with E-state index in [0.29, 0.717) is 16.5 Å². The molecule has 0 bridgehead atoms. The Morgan fingerprint density at radius 1 is 1.11 bits per heavy atom. The number of anilines is 1. The Bertz CT molecular complexity index is 839. The van der Waals surface area contributed by atoms with Gasteiger partial charge in [-0.3, -0.25) is 9.59 Å². The summed E-state index contributed by atoms with van der Waals surface area (Å²) in [6, 6.07) is 6.74. The lowest BCUT2D eigenvalue weighted by Gasteiger charge is -2.22. The van der Waals surface area contributed by atoms with Crippen LogP contribution >= 0.6 is 11.6 Å². The predicted octanol–water partition coefficient (Wildman–Crippen LogP) is 4.02. The Morgan fingerprint density at radius 3 is 2.26 bits per heavy atom. The summed E-state index contributed by atoms with van der Waals surface area (Å²) in [5, 5.41) is 5.30. The van der Waals surface area contributed by atoms with Crippen molar-refractivity contribution in [2.75, 3.05) is 12.4 Å². The van der Waals surface area contributed by atoms with Crippen molar-refractivity contribution in [2.45, 2.75) is 19.9 Å². The molecule has 2 rings (SSSR count). The van der Waals surface area contributed by atoms with Gasteiger partial charge in [0, 0.05) is 5.69 Å². The number of amides is 2. The van der Waals surface area contributed by atoms with E-state index in [1.807, 2.05) is 0 Å². The molecular formula is C19H19ClF2N2O3. The SMILES string of the molecule is COc1ccc(NC(=O)C(NC(=O)c2c(F)cccc2F)C(C)C)cc1Cl. The second-order valence-electron chi connectivity index (χ2n) is 6.13. The fraction of sp³-hybridized carbons (Fsp3) is 0.263. The van der Waals surface area contributed by atoms with Gasteiger partial charge >= 0.3 is 0 Å².